The zero-order valence-electron chi connectivity index (χ0n) is 16.4. The van der Waals surface area contributed by atoms with Crippen molar-refractivity contribution in [2.75, 3.05) is 0 Å². The van der Waals surface area contributed by atoms with Crippen molar-refractivity contribution in [1.29, 1.82) is 0 Å². The van der Waals surface area contributed by atoms with E-state index >= 15 is 0 Å². The minimum absolute atomic E-state index is 0.936. The molecule has 0 N–H and O–H groups in total. The molecule has 0 saturated heterocycles. The molecule has 1 heterocycles. The standard InChI is InChI=1S/C22H37N3/c1-3-5-7-8-9-15-20(14-6-4-2)16-12-13-19-25-23-21-17-10-11-18-22(21)24-25/h10-11,17-18,20H,3-9,12-16,19H2,1-2H3. The molecule has 3 heteroatoms. The first kappa shape index (κ1) is 19.9. The van der Waals surface area contributed by atoms with Crippen molar-refractivity contribution in [2.24, 2.45) is 5.92 Å². The Balaban J connectivity index is 1.66. The maximum Gasteiger partial charge on any atom is 0.113 e. The number of unbranched alkanes of at least 4 members (excludes halogenated alkanes) is 6. The molecule has 0 radical (unpaired) electrons. The summed E-state index contributed by atoms with van der Waals surface area (Å²) in [5.41, 5.74) is 2.02. The summed E-state index contributed by atoms with van der Waals surface area (Å²) in [7, 11) is 0. The topological polar surface area (TPSA) is 30.7 Å². The van der Waals surface area contributed by atoms with Crippen LogP contribution in [-0.4, -0.2) is 15.0 Å². The molecule has 140 valence electrons. The molecule has 3 nitrogen and oxygen atoms in total. The zero-order valence-corrected chi connectivity index (χ0v) is 16.4. The van der Waals surface area contributed by atoms with Crippen LogP contribution in [0.4, 0.5) is 0 Å². The number of nitrogens with zero attached hydrogens (tertiary/aromatic N) is 3. The molecular weight excluding hydrogens is 306 g/mol. The third-order valence-electron chi connectivity index (χ3n) is 5.23. The maximum atomic E-state index is 4.56. The average molecular weight is 344 g/mol. The molecule has 0 fully saturated rings. The highest BCUT2D eigenvalue weighted by molar-refractivity contribution is 5.72. The molecule has 0 saturated carbocycles. The lowest BCUT2D eigenvalue weighted by molar-refractivity contribution is 0.364. The molecule has 2 aromatic rings. The second kappa shape index (κ2) is 12.1. The van der Waals surface area contributed by atoms with Crippen LogP contribution in [0.3, 0.4) is 0 Å². The SMILES string of the molecule is CCCCCCCC(CCCC)CCCCn1nc2ccccc2n1. The summed E-state index contributed by atoms with van der Waals surface area (Å²) in [5.74, 6) is 0.936. The van der Waals surface area contributed by atoms with Gasteiger partial charge in [0.2, 0.25) is 0 Å². The van der Waals surface area contributed by atoms with Crippen molar-refractivity contribution in [2.45, 2.75) is 97.4 Å². The Morgan fingerprint density at radius 1 is 0.720 bits per heavy atom. The quantitative estimate of drug-likeness (QED) is 0.354. The summed E-state index contributed by atoms with van der Waals surface area (Å²) in [6.07, 6.45) is 16.5. The number of aryl methyl sites for hydroxylation is 1. The van der Waals surface area contributed by atoms with Crippen LogP contribution in [0.5, 0.6) is 0 Å². The lowest BCUT2D eigenvalue weighted by atomic mass is 9.90. The number of rotatable bonds is 14. The van der Waals surface area contributed by atoms with E-state index in [4.69, 9.17) is 0 Å². The molecule has 25 heavy (non-hydrogen) atoms. The molecule has 0 aliphatic carbocycles. The van der Waals surface area contributed by atoms with E-state index in [1.54, 1.807) is 0 Å². The largest absolute Gasteiger partial charge is 0.184 e. The van der Waals surface area contributed by atoms with Crippen molar-refractivity contribution in [1.82, 2.24) is 15.0 Å². The van der Waals surface area contributed by atoms with Crippen LogP contribution in [0.15, 0.2) is 24.3 Å². The summed E-state index contributed by atoms with van der Waals surface area (Å²) in [5, 5.41) is 9.13. The van der Waals surface area contributed by atoms with Gasteiger partial charge in [-0.1, -0.05) is 96.6 Å². The second-order valence-electron chi connectivity index (χ2n) is 7.49. The van der Waals surface area contributed by atoms with E-state index in [2.05, 4.69) is 24.0 Å². The van der Waals surface area contributed by atoms with Gasteiger partial charge in [0.25, 0.3) is 0 Å². The minimum atomic E-state index is 0.936. The predicted octanol–water partition coefficient (Wildman–Crippen LogP) is 6.77. The van der Waals surface area contributed by atoms with Gasteiger partial charge in [0.1, 0.15) is 11.0 Å². The Labute approximate surface area is 154 Å². The van der Waals surface area contributed by atoms with E-state index in [1.807, 2.05) is 29.1 Å². The fraction of sp³-hybridized carbons (Fsp3) is 0.727. The number of benzene rings is 1. The van der Waals surface area contributed by atoms with Crippen LogP contribution in [0, 0.1) is 5.92 Å². The Bertz CT molecular complexity index is 542. The summed E-state index contributed by atoms with van der Waals surface area (Å²) in [6, 6.07) is 8.14. The summed E-state index contributed by atoms with van der Waals surface area (Å²) >= 11 is 0. The van der Waals surface area contributed by atoms with Crippen molar-refractivity contribution >= 4 is 11.0 Å². The highest BCUT2D eigenvalue weighted by Gasteiger charge is 2.08. The molecule has 1 unspecified atom stereocenters. The molecule has 2 rings (SSSR count). The van der Waals surface area contributed by atoms with Gasteiger partial charge in [0, 0.05) is 0 Å². The Morgan fingerprint density at radius 2 is 1.28 bits per heavy atom. The van der Waals surface area contributed by atoms with Crippen molar-refractivity contribution in [3.8, 4) is 0 Å². The summed E-state index contributed by atoms with van der Waals surface area (Å²) < 4.78 is 0. The van der Waals surface area contributed by atoms with Gasteiger partial charge in [-0.15, -0.1) is 0 Å². The molecule has 1 aromatic carbocycles. The normalized spacial score (nSPS) is 12.7. The first-order valence-electron chi connectivity index (χ1n) is 10.6. The van der Waals surface area contributed by atoms with Crippen LogP contribution >= 0.6 is 0 Å². The smallest absolute Gasteiger partial charge is 0.113 e. The van der Waals surface area contributed by atoms with Crippen molar-refractivity contribution in [3.63, 3.8) is 0 Å². The molecule has 0 aliphatic rings. The summed E-state index contributed by atoms with van der Waals surface area (Å²) in [4.78, 5) is 1.89. The lowest BCUT2D eigenvalue weighted by Gasteiger charge is -2.16. The van der Waals surface area contributed by atoms with Crippen LogP contribution in [0.1, 0.15) is 90.9 Å². The minimum Gasteiger partial charge on any atom is -0.184 e. The maximum absolute atomic E-state index is 4.56. The first-order chi connectivity index (χ1) is 12.3. The van der Waals surface area contributed by atoms with Crippen molar-refractivity contribution < 1.29 is 0 Å². The molecule has 1 aromatic heterocycles. The molecule has 0 bridgehead atoms. The monoisotopic (exact) mass is 343 g/mol. The molecular formula is C22H37N3. The number of aromatic nitrogens is 3. The van der Waals surface area contributed by atoms with Crippen LogP contribution in [0.2, 0.25) is 0 Å². The molecule has 1 atom stereocenters. The molecule has 0 spiro atoms. The Morgan fingerprint density at radius 3 is 1.92 bits per heavy atom. The van der Waals surface area contributed by atoms with Gasteiger partial charge < -0.3 is 0 Å². The van der Waals surface area contributed by atoms with Crippen LogP contribution in [-0.2, 0) is 6.54 Å². The summed E-state index contributed by atoms with van der Waals surface area (Å²) in [6.45, 7) is 5.56. The van der Waals surface area contributed by atoms with Crippen LogP contribution < -0.4 is 0 Å². The second-order valence-corrected chi connectivity index (χ2v) is 7.49. The first-order valence-corrected chi connectivity index (χ1v) is 10.6. The fourth-order valence-corrected chi connectivity index (χ4v) is 3.65. The van der Waals surface area contributed by atoms with E-state index < -0.39 is 0 Å². The van der Waals surface area contributed by atoms with E-state index in [9.17, 15) is 0 Å². The van der Waals surface area contributed by atoms with Gasteiger partial charge in [0.15, 0.2) is 0 Å². The van der Waals surface area contributed by atoms with Gasteiger partial charge >= 0.3 is 0 Å². The van der Waals surface area contributed by atoms with E-state index in [-0.39, 0.29) is 0 Å². The molecule has 0 amide bonds. The van der Waals surface area contributed by atoms with Crippen LogP contribution in [0.25, 0.3) is 11.0 Å². The molecule has 0 aliphatic heterocycles. The third-order valence-corrected chi connectivity index (χ3v) is 5.23. The number of fused-ring (bicyclic) bond motifs is 1. The van der Waals surface area contributed by atoms with E-state index in [0.717, 1.165) is 23.5 Å². The van der Waals surface area contributed by atoms with E-state index in [0.29, 0.717) is 0 Å². The number of hydrogen-bond donors (Lipinski definition) is 0. The highest BCUT2D eigenvalue weighted by atomic mass is 15.5. The van der Waals surface area contributed by atoms with Gasteiger partial charge in [-0.05, 0) is 24.5 Å². The Hall–Kier alpha value is -1.38. The van der Waals surface area contributed by atoms with Gasteiger partial charge in [0.05, 0.1) is 6.54 Å². The number of hydrogen-bond acceptors (Lipinski definition) is 2. The van der Waals surface area contributed by atoms with E-state index in [1.165, 1.54) is 77.0 Å². The van der Waals surface area contributed by atoms with Gasteiger partial charge in [-0.2, -0.15) is 15.0 Å². The fourth-order valence-electron chi connectivity index (χ4n) is 3.65. The van der Waals surface area contributed by atoms with Gasteiger partial charge in [-0.3, -0.25) is 0 Å². The Kier molecular flexibility index (Phi) is 9.61. The van der Waals surface area contributed by atoms with Gasteiger partial charge in [-0.25, -0.2) is 0 Å². The average Bonchev–Trinajstić information content (AvgIpc) is 3.05. The zero-order chi connectivity index (χ0) is 17.7. The third kappa shape index (κ3) is 7.58. The predicted molar refractivity (Wildman–Crippen MR) is 108 cm³/mol. The van der Waals surface area contributed by atoms with Crippen molar-refractivity contribution in [3.05, 3.63) is 24.3 Å². The highest BCUT2D eigenvalue weighted by Crippen LogP contribution is 2.23. The lowest BCUT2D eigenvalue weighted by Crippen LogP contribution is -2.05.